The van der Waals surface area contributed by atoms with Gasteiger partial charge in [0.1, 0.15) is 5.75 Å². The van der Waals surface area contributed by atoms with E-state index in [1.807, 2.05) is 6.07 Å². The number of rotatable bonds is 5. The van der Waals surface area contributed by atoms with Gasteiger partial charge in [0, 0.05) is 40.1 Å². The van der Waals surface area contributed by atoms with Gasteiger partial charge in [0.05, 0.1) is 12.6 Å². The number of anilines is 1. The van der Waals surface area contributed by atoms with E-state index in [1.54, 1.807) is 18.2 Å². The van der Waals surface area contributed by atoms with Crippen LogP contribution in [0.2, 0.25) is 0 Å². The van der Waals surface area contributed by atoms with Crippen molar-refractivity contribution in [1.29, 1.82) is 0 Å². The Labute approximate surface area is 158 Å². The van der Waals surface area contributed by atoms with Gasteiger partial charge in [0.2, 0.25) is 0 Å². The highest BCUT2D eigenvalue weighted by molar-refractivity contribution is 6.08. The molecule has 4 aromatic rings. The summed E-state index contributed by atoms with van der Waals surface area (Å²) in [4.78, 5) is 0. The van der Waals surface area contributed by atoms with Crippen molar-refractivity contribution in [2.45, 2.75) is 26.5 Å². The van der Waals surface area contributed by atoms with E-state index in [9.17, 15) is 10.2 Å². The average Bonchev–Trinajstić information content (AvgIpc) is 2.92. The Morgan fingerprint density at radius 2 is 1.52 bits per heavy atom. The first kappa shape index (κ1) is 17.4. The minimum absolute atomic E-state index is 0.211. The number of fused-ring (bicyclic) bond motifs is 3. The van der Waals surface area contributed by atoms with Crippen LogP contribution in [0.5, 0.6) is 5.75 Å². The second-order valence-corrected chi connectivity index (χ2v) is 7.24. The summed E-state index contributed by atoms with van der Waals surface area (Å²) < 4.78 is 2.19. The van der Waals surface area contributed by atoms with Crippen LogP contribution in [0.15, 0.2) is 60.7 Å². The van der Waals surface area contributed by atoms with Gasteiger partial charge in [0.15, 0.2) is 0 Å². The van der Waals surface area contributed by atoms with Gasteiger partial charge in [0.25, 0.3) is 0 Å². The Morgan fingerprint density at radius 1 is 0.889 bits per heavy atom. The fraction of sp³-hybridized carbons (Fsp3) is 0.217. The molecule has 1 atom stereocenters. The first-order valence-corrected chi connectivity index (χ1v) is 9.21. The molecule has 138 valence electrons. The van der Waals surface area contributed by atoms with E-state index in [-0.39, 0.29) is 5.75 Å². The van der Waals surface area contributed by atoms with Crippen LogP contribution in [0.1, 0.15) is 11.1 Å². The molecule has 27 heavy (non-hydrogen) atoms. The molecule has 0 spiro atoms. The smallest absolute Gasteiger partial charge is 0.117 e. The monoisotopic (exact) mass is 360 g/mol. The van der Waals surface area contributed by atoms with Gasteiger partial charge in [-0.25, -0.2) is 0 Å². The molecule has 3 N–H and O–H groups in total. The lowest BCUT2D eigenvalue weighted by molar-refractivity contribution is 0.169. The molecule has 0 radical (unpaired) electrons. The zero-order valence-corrected chi connectivity index (χ0v) is 15.6. The number of hydrogen-bond donors (Lipinski definition) is 3. The molecule has 0 bridgehead atoms. The van der Waals surface area contributed by atoms with Gasteiger partial charge in [-0.1, -0.05) is 29.3 Å². The zero-order valence-electron chi connectivity index (χ0n) is 15.6. The second-order valence-electron chi connectivity index (χ2n) is 7.24. The maximum atomic E-state index is 10.6. The lowest BCUT2D eigenvalue weighted by Crippen LogP contribution is -2.24. The van der Waals surface area contributed by atoms with Crippen molar-refractivity contribution < 1.29 is 10.2 Å². The summed E-state index contributed by atoms with van der Waals surface area (Å²) in [5.74, 6) is 0.211. The summed E-state index contributed by atoms with van der Waals surface area (Å²) in [6, 6.07) is 19.9. The lowest BCUT2D eigenvalue weighted by Gasteiger charge is -2.16. The Kier molecular flexibility index (Phi) is 4.50. The number of aryl methyl sites for hydroxylation is 2. The standard InChI is InChI=1S/C23H24N2O2/c1-15-6-8-22-20(10-15)21-11-16(2)7-9-23(21)25(22)14-19(27)13-24-17-4-3-5-18(26)12-17/h3-12,19,24,26-27H,13-14H2,1-2H3. The van der Waals surface area contributed by atoms with Crippen LogP contribution in [0.4, 0.5) is 5.69 Å². The summed E-state index contributed by atoms with van der Waals surface area (Å²) in [7, 11) is 0. The molecule has 4 rings (SSSR count). The molecule has 4 nitrogen and oxygen atoms in total. The predicted molar refractivity (Wildman–Crippen MR) is 112 cm³/mol. The van der Waals surface area contributed by atoms with Gasteiger partial charge in [-0.05, 0) is 50.2 Å². The Balaban J connectivity index is 1.64. The van der Waals surface area contributed by atoms with E-state index in [2.05, 4.69) is 60.1 Å². The number of aliphatic hydroxyl groups excluding tert-OH is 1. The molecule has 0 aliphatic heterocycles. The number of aromatic hydroxyl groups is 1. The maximum absolute atomic E-state index is 10.6. The van der Waals surface area contributed by atoms with Crippen molar-refractivity contribution in [3.63, 3.8) is 0 Å². The first-order chi connectivity index (χ1) is 13.0. The van der Waals surface area contributed by atoms with E-state index >= 15 is 0 Å². The highest BCUT2D eigenvalue weighted by Crippen LogP contribution is 2.30. The van der Waals surface area contributed by atoms with Crippen LogP contribution in [0, 0.1) is 13.8 Å². The number of phenolic OH excluding ortho intramolecular Hbond substituents is 1. The van der Waals surface area contributed by atoms with Gasteiger partial charge in [-0.2, -0.15) is 0 Å². The third-order valence-corrected chi connectivity index (χ3v) is 4.96. The van der Waals surface area contributed by atoms with Gasteiger partial charge < -0.3 is 20.1 Å². The molecule has 0 aliphatic rings. The van der Waals surface area contributed by atoms with E-state index in [0.717, 1.165) is 16.7 Å². The summed E-state index contributed by atoms with van der Waals surface area (Å²) in [5, 5.41) is 25.8. The Bertz CT molecular complexity index is 1050. The fourth-order valence-electron chi connectivity index (χ4n) is 3.66. The molecule has 0 amide bonds. The van der Waals surface area contributed by atoms with Gasteiger partial charge >= 0.3 is 0 Å². The first-order valence-electron chi connectivity index (χ1n) is 9.21. The van der Waals surface area contributed by atoms with E-state index in [4.69, 9.17) is 0 Å². The fourth-order valence-corrected chi connectivity index (χ4v) is 3.66. The third-order valence-electron chi connectivity index (χ3n) is 4.96. The highest BCUT2D eigenvalue weighted by Gasteiger charge is 2.14. The van der Waals surface area contributed by atoms with Crippen LogP contribution in [0.3, 0.4) is 0 Å². The van der Waals surface area contributed by atoms with Crippen molar-refractivity contribution in [1.82, 2.24) is 4.57 Å². The quantitative estimate of drug-likeness (QED) is 0.488. The molecule has 1 aromatic heterocycles. The number of hydrogen-bond acceptors (Lipinski definition) is 3. The largest absolute Gasteiger partial charge is 0.508 e. The third kappa shape index (κ3) is 3.49. The van der Waals surface area contributed by atoms with Crippen LogP contribution in [-0.4, -0.2) is 27.4 Å². The minimum atomic E-state index is -0.561. The Hall–Kier alpha value is -2.98. The predicted octanol–water partition coefficient (Wildman–Crippen LogP) is 4.59. The second kappa shape index (κ2) is 6.97. The summed E-state index contributed by atoms with van der Waals surface area (Å²) in [5.41, 5.74) is 5.53. The average molecular weight is 360 g/mol. The minimum Gasteiger partial charge on any atom is -0.508 e. The van der Waals surface area contributed by atoms with Crippen LogP contribution >= 0.6 is 0 Å². The number of nitrogens with one attached hydrogen (secondary N) is 1. The molecular formula is C23H24N2O2. The topological polar surface area (TPSA) is 57.4 Å². The Morgan fingerprint density at radius 3 is 2.11 bits per heavy atom. The normalized spacial score (nSPS) is 12.6. The number of aromatic nitrogens is 1. The molecular weight excluding hydrogens is 336 g/mol. The molecule has 0 aliphatic carbocycles. The lowest BCUT2D eigenvalue weighted by atomic mass is 10.1. The SMILES string of the molecule is Cc1ccc2c(c1)c1cc(C)ccc1n2CC(O)CNc1cccc(O)c1. The van der Waals surface area contributed by atoms with Crippen molar-refractivity contribution in [2.75, 3.05) is 11.9 Å². The van der Waals surface area contributed by atoms with Crippen LogP contribution in [0.25, 0.3) is 21.8 Å². The molecule has 1 heterocycles. The molecule has 3 aromatic carbocycles. The maximum Gasteiger partial charge on any atom is 0.117 e. The summed E-state index contributed by atoms with van der Waals surface area (Å²) >= 11 is 0. The van der Waals surface area contributed by atoms with Crippen molar-refractivity contribution >= 4 is 27.5 Å². The molecule has 0 fully saturated rings. The van der Waals surface area contributed by atoms with E-state index in [1.165, 1.54) is 21.9 Å². The molecule has 0 saturated carbocycles. The van der Waals surface area contributed by atoms with Gasteiger partial charge in [-0.15, -0.1) is 0 Å². The van der Waals surface area contributed by atoms with E-state index < -0.39 is 6.10 Å². The van der Waals surface area contributed by atoms with Gasteiger partial charge in [-0.3, -0.25) is 0 Å². The van der Waals surface area contributed by atoms with Crippen molar-refractivity contribution in [2.24, 2.45) is 0 Å². The van der Waals surface area contributed by atoms with Crippen LogP contribution in [-0.2, 0) is 6.54 Å². The summed E-state index contributed by atoms with van der Waals surface area (Å²) in [6.45, 7) is 5.11. The number of benzene rings is 3. The summed E-state index contributed by atoms with van der Waals surface area (Å²) in [6.07, 6.45) is -0.561. The van der Waals surface area contributed by atoms with Crippen molar-refractivity contribution in [3.05, 3.63) is 71.8 Å². The molecule has 4 heteroatoms. The van der Waals surface area contributed by atoms with Crippen molar-refractivity contribution in [3.8, 4) is 5.75 Å². The zero-order chi connectivity index (χ0) is 19.0. The highest BCUT2D eigenvalue weighted by atomic mass is 16.3. The van der Waals surface area contributed by atoms with E-state index in [0.29, 0.717) is 13.1 Å². The molecule has 0 saturated heterocycles. The van der Waals surface area contributed by atoms with Crippen LogP contribution < -0.4 is 5.32 Å². The number of nitrogens with zero attached hydrogens (tertiary/aromatic N) is 1. The number of phenols is 1. The molecule has 1 unspecified atom stereocenters. The number of aliphatic hydroxyl groups is 1.